The first-order valence-electron chi connectivity index (χ1n) is 13.0. The van der Waals surface area contributed by atoms with Crippen LogP contribution in [0.4, 0.5) is 4.39 Å². The van der Waals surface area contributed by atoms with Crippen LogP contribution >= 0.6 is 0 Å². The molecular weight excluding hydrogens is 457 g/mol. The number of benzene rings is 2. The van der Waals surface area contributed by atoms with Crippen LogP contribution < -0.4 is 5.32 Å². The molecule has 0 spiro atoms. The maximum absolute atomic E-state index is 14.4. The van der Waals surface area contributed by atoms with Crippen LogP contribution in [0.2, 0.25) is 0 Å². The molecule has 4 rings (SSSR count). The predicted molar refractivity (Wildman–Crippen MR) is 137 cm³/mol. The highest BCUT2D eigenvalue weighted by Gasteiger charge is 2.40. The molecule has 1 N–H and O–H groups in total. The molecule has 0 unspecified atom stereocenters. The predicted octanol–water partition coefficient (Wildman–Crippen LogP) is 4.36. The third kappa shape index (κ3) is 6.12. The van der Waals surface area contributed by atoms with Crippen molar-refractivity contribution in [2.45, 2.75) is 70.1 Å². The van der Waals surface area contributed by atoms with Gasteiger partial charge in [0, 0.05) is 32.4 Å². The van der Waals surface area contributed by atoms with E-state index in [2.05, 4.69) is 31.3 Å². The van der Waals surface area contributed by atoms with Crippen LogP contribution in [0.25, 0.3) is 0 Å². The molecule has 0 aromatic heterocycles. The van der Waals surface area contributed by atoms with Gasteiger partial charge in [-0.05, 0) is 35.4 Å². The number of alkyl halides is 1. The Balaban J connectivity index is 1.47. The molecule has 2 fully saturated rings. The maximum Gasteiger partial charge on any atom is 0.243 e. The molecule has 2 aromatic carbocycles. The highest BCUT2D eigenvalue weighted by Crippen LogP contribution is 2.27. The minimum atomic E-state index is -1.26. The summed E-state index contributed by atoms with van der Waals surface area (Å²) in [7, 11) is 0. The van der Waals surface area contributed by atoms with Gasteiger partial charge in [0.25, 0.3) is 0 Å². The summed E-state index contributed by atoms with van der Waals surface area (Å²) in [6, 6.07) is 16.4. The zero-order valence-electron chi connectivity index (χ0n) is 21.2. The molecule has 6 nitrogen and oxygen atoms in total. The molecule has 0 saturated carbocycles. The van der Waals surface area contributed by atoms with Gasteiger partial charge in [0.1, 0.15) is 12.2 Å². The summed E-state index contributed by atoms with van der Waals surface area (Å²) in [4.78, 5) is 41.9. The van der Waals surface area contributed by atoms with Crippen LogP contribution in [0, 0.1) is 0 Å². The first-order chi connectivity index (χ1) is 17.3. The summed E-state index contributed by atoms with van der Waals surface area (Å²) in [5, 5.41) is 3.08. The van der Waals surface area contributed by atoms with E-state index in [0.29, 0.717) is 5.92 Å². The van der Waals surface area contributed by atoms with Crippen molar-refractivity contribution in [2.75, 3.05) is 19.6 Å². The monoisotopic (exact) mass is 493 g/mol. The summed E-state index contributed by atoms with van der Waals surface area (Å²) in [5.74, 6) is -0.385. The minimum absolute atomic E-state index is 0.00931. The second-order valence-electron chi connectivity index (χ2n) is 10.2. The van der Waals surface area contributed by atoms with Gasteiger partial charge in [-0.15, -0.1) is 0 Å². The molecule has 2 aliphatic heterocycles. The third-order valence-electron chi connectivity index (χ3n) is 7.24. The zero-order valence-corrected chi connectivity index (χ0v) is 21.2. The van der Waals surface area contributed by atoms with Gasteiger partial charge in [0.05, 0.1) is 12.6 Å². The number of nitrogens with zero attached hydrogens (tertiary/aromatic N) is 2. The number of carbonyl (C=O) groups excluding carboxylic acids is 3. The quantitative estimate of drug-likeness (QED) is 0.594. The fourth-order valence-corrected chi connectivity index (χ4v) is 5.11. The fourth-order valence-electron chi connectivity index (χ4n) is 5.11. The minimum Gasteiger partial charge on any atom is -0.343 e. The van der Waals surface area contributed by atoms with E-state index in [-0.39, 0.29) is 43.5 Å². The fraction of sp³-hybridized carbons (Fsp3) is 0.483. The molecule has 3 atom stereocenters. The number of hydrogen-bond donors (Lipinski definition) is 1. The Hall–Kier alpha value is -3.22. The normalized spacial score (nSPS) is 20.6. The molecule has 0 radical (unpaired) electrons. The van der Waals surface area contributed by atoms with Crippen molar-refractivity contribution in [1.29, 1.82) is 0 Å². The number of likely N-dealkylation sites (tertiary alicyclic amines) is 2. The van der Waals surface area contributed by atoms with Crippen LogP contribution in [0.3, 0.4) is 0 Å². The number of nitrogens with one attached hydrogen (secondary N) is 1. The van der Waals surface area contributed by atoms with E-state index in [0.717, 1.165) is 37.1 Å². The van der Waals surface area contributed by atoms with E-state index in [1.165, 1.54) is 10.5 Å². The van der Waals surface area contributed by atoms with Crippen LogP contribution in [0.5, 0.6) is 0 Å². The first-order valence-corrected chi connectivity index (χ1v) is 13.0. The standard InChI is InChI=1S/C29H36FN3O3/c1-20(2)21-10-12-23(13-11-21)28(22-8-4-3-5-9-22)31-29(36)25-18-24(30)19-33(25)27(35)15-14-26(34)32-16-6-7-17-32/h3-5,8-13,20,24-25,28H,6-7,14-19H2,1-2H3,(H,31,36)/t24-,25+,28+/m1/s1. The lowest BCUT2D eigenvalue weighted by Gasteiger charge is -2.27. The highest BCUT2D eigenvalue weighted by molar-refractivity contribution is 5.90. The zero-order chi connectivity index (χ0) is 25.7. The molecule has 7 heteroatoms. The molecule has 0 bridgehead atoms. The molecule has 0 aliphatic carbocycles. The topological polar surface area (TPSA) is 69.7 Å². The number of rotatable bonds is 8. The second kappa shape index (κ2) is 11.7. The van der Waals surface area contributed by atoms with E-state index < -0.39 is 18.3 Å². The Kier molecular flexibility index (Phi) is 8.39. The molecule has 2 aromatic rings. The number of carbonyl (C=O) groups is 3. The average molecular weight is 494 g/mol. The molecule has 2 aliphatic rings. The van der Waals surface area contributed by atoms with Crippen molar-refractivity contribution >= 4 is 17.7 Å². The summed E-state index contributed by atoms with van der Waals surface area (Å²) in [5.41, 5.74) is 3.03. The van der Waals surface area contributed by atoms with Crippen LogP contribution in [-0.4, -0.2) is 59.4 Å². The number of hydrogen-bond acceptors (Lipinski definition) is 3. The van der Waals surface area contributed by atoms with E-state index >= 15 is 0 Å². The van der Waals surface area contributed by atoms with Gasteiger partial charge in [-0.1, -0.05) is 68.4 Å². The van der Waals surface area contributed by atoms with Crippen LogP contribution in [0.1, 0.15) is 74.6 Å². The van der Waals surface area contributed by atoms with E-state index in [4.69, 9.17) is 0 Å². The van der Waals surface area contributed by atoms with Gasteiger partial charge in [-0.25, -0.2) is 4.39 Å². The first kappa shape index (κ1) is 25.9. The molecular formula is C29H36FN3O3. The molecule has 192 valence electrons. The van der Waals surface area contributed by atoms with E-state index in [1.54, 1.807) is 4.90 Å². The van der Waals surface area contributed by atoms with Gasteiger partial charge in [0.15, 0.2) is 0 Å². The van der Waals surface area contributed by atoms with Crippen molar-refractivity contribution < 1.29 is 18.8 Å². The van der Waals surface area contributed by atoms with Gasteiger partial charge in [0.2, 0.25) is 17.7 Å². The van der Waals surface area contributed by atoms with E-state index in [1.807, 2.05) is 42.5 Å². The lowest BCUT2D eigenvalue weighted by atomic mass is 9.95. The SMILES string of the molecule is CC(C)c1ccc([C@@H](NC(=O)[C@@H]2C[C@@H](F)CN2C(=O)CCC(=O)N2CCCC2)c2ccccc2)cc1. The average Bonchev–Trinajstić information content (AvgIpc) is 3.56. The largest absolute Gasteiger partial charge is 0.343 e. The highest BCUT2D eigenvalue weighted by atomic mass is 19.1. The summed E-state index contributed by atoms with van der Waals surface area (Å²) in [6.45, 7) is 5.60. The lowest BCUT2D eigenvalue weighted by molar-refractivity contribution is -0.140. The van der Waals surface area contributed by atoms with Gasteiger partial charge >= 0.3 is 0 Å². The van der Waals surface area contributed by atoms with Gasteiger partial charge < -0.3 is 15.1 Å². The van der Waals surface area contributed by atoms with Crippen molar-refractivity contribution in [2.24, 2.45) is 0 Å². The Morgan fingerprint density at radius 1 is 0.889 bits per heavy atom. The Labute approximate surface area is 212 Å². The Bertz CT molecular complexity index is 1050. The van der Waals surface area contributed by atoms with Crippen molar-refractivity contribution in [3.8, 4) is 0 Å². The molecule has 2 saturated heterocycles. The van der Waals surface area contributed by atoms with Crippen LogP contribution in [-0.2, 0) is 14.4 Å². The number of amides is 3. The Morgan fingerprint density at radius 2 is 1.47 bits per heavy atom. The summed E-state index contributed by atoms with van der Waals surface area (Å²) in [6.07, 6.45) is 0.756. The van der Waals surface area contributed by atoms with E-state index in [9.17, 15) is 18.8 Å². The molecule has 36 heavy (non-hydrogen) atoms. The van der Waals surface area contributed by atoms with Crippen molar-refractivity contribution in [3.05, 3.63) is 71.3 Å². The maximum atomic E-state index is 14.4. The lowest BCUT2D eigenvalue weighted by Crippen LogP contribution is -2.47. The van der Waals surface area contributed by atoms with Crippen molar-refractivity contribution in [1.82, 2.24) is 15.1 Å². The number of halogens is 1. The van der Waals surface area contributed by atoms with Crippen molar-refractivity contribution in [3.63, 3.8) is 0 Å². The van der Waals surface area contributed by atoms with Gasteiger partial charge in [-0.3, -0.25) is 14.4 Å². The second-order valence-corrected chi connectivity index (χ2v) is 10.2. The smallest absolute Gasteiger partial charge is 0.243 e. The Morgan fingerprint density at radius 3 is 2.11 bits per heavy atom. The van der Waals surface area contributed by atoms with Gasteiger partial charge in [-0.2, -0.15) is 0 Å². The third-order valence-corrected chi connectivity index (χ3v) is 7.24. The molecule has 3 amide bonds. The summed E-state index contributed by atoms with van der Waals surface area (Å²) < 4.78 is 14.4. The molecule has 2 heterocycles. The van der Waals surface area contributed by atoms with Crippen LogP contribution in [0.15, 0.2) is 54.6 Å². The summed E-state index contributed by atoms with van der Waals surface area (Å²) >= 11 is 0.